The van der Waals surface area contributed by atoms with Crippen molar-refractivity contribution in [2.24, 2.45) is 0 Å². The highest BCUT2D eigenvalue weighted by molar-refractivity contribution is 7.19. The Morgan fingerprint density at radius 1 is 0.536 bits per heavy atom. The summed E-state index contributed by atoms with van der Waals surface area (Å²) in [5, 5.41) is 13.2. The van der Waals surface area contributed by atoms with Crippen molar-refractivity contribution in [3.8, 4) is 16.8 Å². The molecule has 280 valence electrons. The molecule has 2 unspecified atom stereocenters. The molecule has 0 aliphatic heterocycles. The van der Waals surface area contributed by atoms with Gasteiger partial charge in [-0.25, -0.2) is 0 Å². The summed E-state index contributed by atoms with van der Waals surface area (Å²) in [7, 11) is 6.66. The molecule has 1 aliphatic carbocycles. The fraction of sp³-hybridized carbons (Fsp3) is 0.265. The Labute approximate surface area is 336 Å². The van der Waals surface area contributed by atoms with E-state index in [9.17, 15) is 5.11 Å². The molecule has 6 aromatic carbocycles. The van der Waals surface area contributed by atoms with Crippen LogP contribution in [0.15, 0.2) is 140 Å². The molecule has 8 rings (SSSR count). The fourth-order valence-electron chi connectivity index (χ4n) is 7.77. The third kappa shape index (κ3) is 6.36. The number of hydrogen-bond acceptors (Lipinski definition) is 3. The van der Waals surface area contributed by atoms with Crippen LogP contribution in [0.1, 0.15) is 77.6 Å². The number of nitrogens with zero attached hydrogens (tertiary/aromatic N) is 1. The van der Waals surface area contributed by atoms with Crippen molar-refractivity contribution in [3.63, 3.8) is 0 Å². The number of aromatic nitrogens is 1. The van der Waals surface area contributed by atoms with Crippen LogP contribution in [0.25, 0.3) is 38.6 Å². The Bertz CT molecular complexity index is 2490. The Balaban J connectivity index is 1.39. The van der Waals surface area contributed by atoms with Gasteiger partial charge < -0.3 is 19.0 Å². The van der Waals surface area contributed by atoms with Crippen molar-refractivity contribution in [1.29, 1.82) is 0 Å². The van der Waals surface area contributed by atoms with Crippen LogP contribution in [0, 0.1) is 0 Å². The molecule has 0 fully saturated rings. The highest BCUT2D eigenvalue weighted by Crippen LogP contribution is 2.56. The average Bonchev–Trinajstić information content (AvgIpc) is 3.66. The van der Waals surface area contributed by atoms with Crippen LogP contribution >= 0.6 is 9.24 Å². The van der Waals surface area contributed by atoms with E-state index in [0.717, 1.165) is 22.1 Å². The monoisotopic (exact) mass is 753 g/mol. The molecule has 4 nitrogen and oxygen atoms in total. The van der Waals surface area contributed by atoms with Crippen LogP contribution < -0.4 is 10.9 Å². The van der Waals surface area contributed by atoms with Gasteiger partial charge in [-0.05, 0) is 105 Å². The molecule has 0 bridgehead atoms. The smallest absolute Gasteiger partial charge is 0.330 e. The number of hydrogen-bond donors (Lipinski definition) is 1. The van der Waals surface area contributed by atoms with E-state index >= 15 is 0 Å². The predicted molar refractivity (Wildman–Crippen MR) is 239 cm³/mol. The van der Waals surface area contributed by atoms with Crippen molar-refractivity contribution in [2.45, 2.75) is 82.8 Å². The molecule has 1 aliphatic rings. The van der Waals surface area contributed by atoms with Crippen molar-refractivity contribution in [1.82, 2.24) is 4.57 Å². The molecule has 2 atom stereocenters. The summed E-state index contributed by atoms with van der Waals surface area (Å²) < 4.78 is 15.3. The minimum atomic E-state index is -1.05. The molecule has 0 spiro atoms. The maximum Gasteiger partial charge on any atom is 0.330 e. The van der Waals surface area contributed by atoms with Crippen molar-refractivity contribution >= 4 is 56.9 Å². The molecule has 7 heteroatoms. The van der Waals surface area contributed by atoms with Gasteiger partial charge in [-0.1, -0.05) is 134 Å². The van der Waals surface area contributed by atoms with E-state index in [-0.39, 0.29) is 5.16 Å². The molecule has 2 radical (unpaired) electrons. The van der Waals surface area contributed by atoms with E-state index in [4.69, 9.17) is 9.31 Å². The summed E-state index contributed by atoms with van der Waals surface area (Å²) in [6.45, 7) is 16.0. The van der Waals surface area contributed by atoms with Crippen LogP contribution in [0.3, 0.4) is 0 Å². The van der Waals surface area contributed by atoms with Crippen molar-refractivity contribution < 1.29 is 14.4 Å². The van der Waals surface area contributed by atoms with E-state index in [1.54, 1.807) is 21.3 Å². The van der Waals surface area contributed by atoms with Crippen LogP contribution in [-0.2, 0) is 14.7 Å². The van der Waals surface area contributed by atoms with E-state index < -0.39 is 22.2 Å². The zero-order chi connectivity index (χ0) is 39.7. The Morgan fingerprint density at radius 2 is 1.05 bits per heavy atom. The number of benzene rings is 6. The van der Waals surface area contributed by atoms with Gasteiger partial charge in [-0.3, -0.25) is 0 Å². The van der Waals surface area contributed by atoms with Gasteiger partial charge in [0.05, 0.1) is 33.3 Å². The first kappa shape index (κ1) is 38.4. The van der Waals surface area contributed by atoms with Crippen LogP contribution in [0.2, 0.25) is 0 Å². The normalized spacial score (nSPS) is 15.9. The minimum Gasteiger partial charge on any atom is -0.429 e. The van der Waals surface area contributed by atoms with Gasteiger partial charge in [0.2, 0.25) is 0 Å². The van der Waals surface area contributed by atoms with E-state index in [1.165, 1.54) is 49.7 Å². The highest BCUT2D eigenvalue weighted by Gasteiger charge is 2.47. The first-order chi connectivity index (χ1) is 26.5. The lowest BCUT2D eigenvalue weighted by Gasteiger charge is -2.39. The molecule has 1 N–H and O–H groups in total. The predicted octanol–water partition coefficient (Wildman–Crippen LogP) is 9.65. The van der Waals surface area contributed by atoms with Gasteiger partial charge in [-0.2, -0.15) is 0 Å². The zero-order valence-electron chi connectivity index (χ0n) is 33.7. The maximum atomic E-state index is 10.9. The second-order valence-corrected chi connectivity index (χ2v) is 18.9. The lowest BCUT2D eigenvalue weighted by molar-refractivity contribution is -0.0893. The Morgan fingerprint density at radius 3 is 1.62 bits per heavy atom. The van der Waals surface area contributed by atoms with Crippen LogP contribution in [0.4, 0.5) is 0 Å². The van der Waals surface area contributed by atoms with Gasteiger partial charge >= 0.3 is 15.0 Å². The first-order valence-corrected chi connectivity index (χ1v) is 20.1. The van der Waals surface area contributed by atoms with Gasteiger partial charge in [0.25, 0.3) is 0 Å². The molecule has 1 heterocycles. The topological polar surface area (TPSA) is 43.6 Å². The maximum absolute atomic E-state index is 10.9. The van der Waals surface area contributed by atoms with E-state index in [0.29, 0.717) is 0 Å². The molecule has 7 aromatic rings. The average molecular weight is 754 g/mol. The Kier molecular flexibility index (Phi) is 9.53. The lowest BCUT2D eigenvalue weighted by atomic mass is 9.65. The summed E-state index contributed by atoms with van der Waals surface area (Å²) in [5.74, 6) is 0. The summed E-state index contributed by atoms with van der Waals surface area (Å²) in [6, 6.07) is 50.6. The summed E-state index contributed by atoms with van der Waals surface area (Å²) in [6.07, 6.45) is 0. The Hall–Kier alpha value is -4.44. The standard InChI is InChI=1S/C49H50B2NO3P/c1-45(2,53)46(3,4)54-50-34-24-26-37-38-27-25-35(51-55-47(5,6)48(7,8)56)31-42(38)49(41(37)30-34,32-17-11-9-12-18-32)33-23-28-44-40(29-33)39-21-15-16-22-43(39)52(44)36-19-13-10-14-20-36/h9-31,53H,56H2,1-8H3. The third-order valence-corrected chi connectivity index (χ3v) is 13.2. The van der Waals surface area contributed by atoms with Crippen LogP contribution in [0.5, 0.6) is 0 Å². The molecule has 1 aromatic heterocycles. The largest absolute Gasteiger partial charge is 0.429 e. The second-order valence-electron chi connectivity index (χ2n) is 17.4. The number of fused-ring (bicyclic) bond motifs is 6. The molecular formula is C49H50B2NO3P. The van der Waals surface area contributed by atoms with Crippen molar-refractivity contribution in [2.75, 3.05) is 0 Å². The summed E-state index contributed by atoms with van der Waals surface area (Å²) in [4.78, 5) is 0. The highest BCUT2D eigenvalue weighted by atomic mass is 31.0. The summed E-state index contributed by atoms with van der Waals surface area (Å²) in [5.41, 5.74) is 9.49. The van der Waals surface area contributed by atoms with Gasteiger partial charge in [0.15, 0.2) is 0 Å². The third-order valence-electron chi connectivity index (χ3n) is 12.5. The van der Waals surface area contributed by atoms with Gasteiger partial charge in [-0.15, -0.1) is 9.24 Å². The molecule has 0 amide bonds. The first-order valence-electron chi connectivity index (χ1n) is 19.5. The number of rotatable bonds is 11. The minimum absolute atomic E-state index is 0.145. The molecule has 0 saturated carbocycles. The second kappa shape index (κ2) is 13.9. The SMILES string of the molecule is CC(C)(O)C(C)(C)O[B]c1ccc2c(c1)C(c1ccccc1)(c1ccc3c(c1)c1ccccc1n3-c1ccccc1)c1cc([B]OC(C)(C)C(C)(C)P)ccc1-2. The molecule has 56 heavy (non-hydrogen) atoms. The molecule has 0 saturated heterocycles. The van der Waals surface area contributed by atoms with Gasteiger partial charge in [0.1, 0.15) is 0 Å². The zero-order valence-corrected chi connectivity index (χ0v) is 34.9. The van der Waals surface area contributed by atoms with E-state index in [2.05, 4.69) is 181 Å². The summed E-state index contributed by atoms with van der Waals surface area (Å²) >= 11 is 0. The van der Waals surface area contributed by atoms with Gasteiger partial charge in [0, 0.05) is 21.6 Å². The van der Waals surface area contributed by atoms with E-state index in [1.807, 2.05) is 21.3 Å². The van der Waals surface area contributed by atoms with Crippen molar-refractivity contribution in [3.05, 3.63) is 162 Å². The number of para-hydroxylation sites is 2. The fourth-order valence-corrected chi connectivity index (χ4v) is 7.84. The molecular weight excluding hydrogens is 703 g/mol. The quantitative estimate of drug-likeness (QED) is 0.106. The number of aliphatic hydroxyl groups is 1. The van der Waals surface area contributed by atoms with Crippen LogP contribution in [-0.4, -0.2) is 46.6 Å². The lowest BCUT2D eigenvalue weighted by Crippen LogP contribution is -2.49.